The van der Waals surface area contributed by atoms with Gasteiger partial charge in [-0.2, -0.15) is 0 Å². The number of hydrogen-bond acceptors (Lipinski definition) is 5. The van der Waals surface area contributed by atoms with Gasteiger partial charge in [0, 0.05) is 29.5 Å². The van der Waals surface area contributed by atoms with Crippen LogP contribution in [0.25, 0.3) is 11.0 Å². The second-order valence-corrected chi connectivity index (χ2v) is 5.81. The molecule has 0 N–H and O–H groups in total. The van der Waals surface area contributed by atoms with Crippen molar-refractivity contribution < 1.29 is 18.7 Å². The van der Waals surface area contributed by atoms with Crippen molar-refractivity contribution in [3.8, 4) is 5.75 Å². The van der Waals surface area contributed by atoms with Crippen LogP contribution in [-0.4, -0.2) is 18.7 Å². The number of cyclic esters (lactones) is 1. The Kier molecular flexibility index (Phi) is 4.51. The monoisotopic (exact) mass is 326 g/mol. The van der Waals surface area contributed by atoms with Crippen LogP contribution in [0.2, 0.25) is 0 Å². The van der Waals surface area contributed by atoms with Crippen LogP contribution in [0, 0.1) is 0 Å². The van der Waals surface area contributed by atoms with E-state index in [1.807, 2.05) is 31.2 Å². The first-order chi connectivity index (χ1) is 11.5. The van der Waals surface area contributed by atoms with Crippen LogP contribution in [0.4, 0.5) is 0 Å². The minimum absolute atomic E-state index is 0.191. The lowest BCUT2D eigenvalue weighted by molar-refractivity contribution is -0.139. The van der Waals surface area contributed by atoms with Gasteiger partial charge in [0.15, 0.2) is 0 Å². The topological polar surface area (TPSA) is 65.7 Å². The van der Waals surface area contributed by atoms with Crippen molar-refractivity contribution in [2.75, 3.05) is 6.61 Å². The van der Waals surface area contributed by atoms with E-state index in [1.165, 1.54) is 6.07 Å². The number of carbonyl (C=O) groups is 1. The Labute approximate surface area is 139 Å². The summed E-state index contributed by atoms with van der Waals surface area (Å²) in [6.07, 6.45) is 4.25. The quantitative estimate of drug-likeness (QED) is 0.479. The predicted octanol–water partition coefficient (Wildman–Crippen LogP) is 3.38. The van der Waals surface area contributed by atoms with E-state index in [0.29, 0.717) is 29.9 Å². The molecule has 5 heteroatoms. The fourth-order valence-electron chi connectivity index (χ4n) is 2.52. The molecule has 1 atom stereocenters. The first-order valence-electron chi connectivity index (χ1n) is 7.73. The molecule has 0 fully saturated rings. The molecule has 0 bridgehead atoms. The number of esters is 1. The molecule has 1 aliphatic heterocycles. The van der Waals surface area contributed by atoms with Crippen LogP contribution in [0.1, 0.15) is 20.3 Å². The molecule has 2 aromatic rings. The molecule has 2 heterocycles. The Bertz CT molecular complexity index is 888. The van der Waals surface area contributed by atoms with Gasteiger partial charge in [-0.05, 0) is 44.2 Å². The van der Waals surface area contributed by atoms with Crippen LogP contribution < -0.4 is 10.4 Å². The zero-order valence-corrected chi connectivity index (χ0v) is 13.6. The Hall–Kier alpha value is -2.82. The van der Waals surface area contributed by atoms with Gasteiger partial charge < -0.3 is 13.9 Å². The van der Waals surface area contributed by atoms with Crippen molar-refractivity contribution in [2.45, 2.75) is 26.4 Å². The fraction of sp³-hybridized carbons (Fsp3) is 0.263. The number of ether oxygens (including phenoxy) is 2. The minimum Gasteiger partial charge on any atom is -0.489 e. The minimum atomic E-state index is -0.384. The highest BCUT2D eigenvalue weighted by Gasteiger charge is 2.21. The normalized spacial score (nSPS) is 17.8. The lowest BCUT2D eigenvalue weighted by Crippen LogP contribution is -2.08. The highest BCUT2D eigenvalue weighted by atomic mass is 16.5. The standard InChI is InChI=1S/C19H18O5/c1-12(9-16-10-13(2)19(21)23-16)7-8-22-15-5-3-14-4-6-18(20)24-17(14)11-15/h3-7,10-11,16H,8-9H2,1-2H3/b12-7-/t16-/m0/s1. The largest absolute Gasteiger partial charge is 0.489 e. The number of hydrogen-bond donors (Lipinski definition) is 0. The average molecular weight is 326 g/mol. The van der Waals surface area contributed by atoms with E-state index in [0.717, 1.165) is 11.0 Å². The van der Waals surface area contributed by atoms with Gasteiger partial charge in [0.05, 0.1) is 0 Å². The van der Waals surface area contributed by atoms with Crippen molar-refractivity contribution >= 4 is 16.9 Å². The number of rotatable bonds is 5. The molecular formula is C19H18O5. The summed E-state index contributed by atoms with van der Waals surface area (Å²) in [7, 11) is 0. The number of carbonyl (C=O) groups excluding carboxylic acids is 1. The third-order valence-corrected chi connectivity index (χ3v) is 3.82. The van der Waals surface area contributed by atoms with Crippen molar-refractivity contribution in [3.63, 3.8) is 0 Å². The van der Waals surface area contributed by atoms with Gasteiger partial charge in [-0.15, -0.1) is 0 Å². The molecule has 0 saturated heterocycles. The van der Waals surface area contributed by atoms with E-state index >= 15 is 0 Å². The molecule has 0 amide bonds. The zero-order chi connectivity index (χ0) is 17.1. The number of fused-ring (bicyclic) bond motifs is 1. The molecular weight excluding hydrogens is 308 g/mol. The third kappa shape index (κ3) is 3.74. The van der Waals surface area contributed by atoms with Crippen LogP contribution >= 0.6 is 0 Å². The van der Waals surface area contributed by atoms with Crippen molar-refractivity contribution in [1.29, 1.82) is 0 Å². The van der Waals surface area contributed by atoms with Crippen molar-refractivity contribution in [1.82, 2.24) is 0 Å². The zero-order valence-electron chi connectivity index (χ0n) is 13.6. The predicted molar refractivity (Wildman–Crippen MR) is 90.0 cm³/mol. The van der Waals surface area contributed by atoms with Gasteiger partial charge in [-0.1, -0.05) is 5.57 Å². The van der Waals surface area contributed by atoms with Gasteiger partial charge in [-0.3, -0.25) is 0 Å². The van der Waals surface area contributed by atoms with E-state index in [1.54, 1.807) is 19.1 Å². The second kappa shape index (κ2) is 6.74. The molecule has 24 heavy (non-hydrogen) atoms. The van der Waals surface area contributed by atoms with Gasteiger partial charge in [-0.25, -0.2) is 9.59 Å². The Balaban J connectivity index is 1.59. The molecule has 1 aliphatic rings. The van der Waals surface area contributed by atoms with Crippen LogP contribution in [0.15, 0.2) is 62.8 Å². The molecule has 0 spiro atoms. The summed E-state index contributed by atoms with van der Waals surface area (Å²) in [5.41, 5.74) is 1.84. The first-order valence-corrected chi connectivity index (χ1v) is 7.73. The Morgan fingerprint density at radius 1 is 1.25 bits per heavy atom. The summed E-state index contributed by atoms with van der Waals surface area (Å²) in [5, 5.41) is 0.846. The van der Waals surface area contributed by atoms with Crippen LogP contribution in [0.3, 0.4) is 0 Å². The van der Waals surface area contributed by atoms with E-state index in [4.69, 9.17) is 13.9 Å². The first kappa shape index (κ1) is 16.1. The van der Waals surface area contributed by atoms with Gasteiger partial charge in [0.25, 0.3) is 0 Å². The maximum absolute atomic E-state index is 11.3. The van der Waals surface area contributed by atoms with Gasteiger partial charge in [0.1, 0.15) is 24.0 Å². The summed E-state index contributed by atoms with van der Waals surface area (Å²) < 4.78 is 16.0. The summed E-state index contributed by atoms with van der Waals surface area (Å²) in [4.78, 5) is 22.6. The summed E-state index contributed by atoms with van der Waals surface area (Å²) in [6, 6.07) is 8.48. The molecule has 5 nitrogen and oxygen atoms in total. The van der Waals surface area contributed by atoms with Gasteiger partial charge >= 0.3 is 11.6 Å². The van der Waals surface area contributed by atoms with Crippen LogP contribution in [0.5, 0.6) is 5.75 Å². The molecule has 0 radical (unpaired) electrons. The van der Waals surface area contributed by atoms with Crippen LogP contribution in [-0.2, 0) is 9.53 Å². The fourth-order valence-corrected chi connectivity index (χ4v) is 2.52. The molecule has 1 aromatic carbocycles. The summed E-state index contributed by atoms with van der Waals surface area (Å²) in [5.74, 6) is 0.380. The summed E-state index contributed by atoms with van der Waals surface area (Å²) in [6.45, 7) is 4.11. The SMILES string of the molecule is CC1=C[C@H](C/C(C)=C\COc2ccc3ccc(=O)oc3c2)OC1=O. The van der Waals surface area contributed by atoms with Crippen molar-refractivity contribution in [2.24, 2.45) is 0 Å². The lowest BCUT2D eigenvalue weighted by Gasteiger charge is -2.09. The maximum atomic E-state index is 11.3. The van der Waals surface area contributed by atoms with E-state index in [2.05, 4.69) is 0 Å². The number of benzene rings is 1. The molecule has 3 rings (SSSR count). The summed E-state index contributed by atoms with van der Waals surface area (Å²) >= 11 is 0. The van der Waals surface area contributed by atoms with Gasteiger partial charge in [0.2, 0.25) is 0 Å². The highest BCUT2D eigenvalue weighted by Crippen LogP contribution is 2.21. The lowest BCUT2D eigenvalue weighted by atomic mass is 10.1. The smallest absolute Gasteiger partial charge is 0.336 e. The van der Waals surface area contributed by atoms with E-state index in [9.17, 15) is 9.59 Å². The van der Waals surface area contributed by atoms with E-state index in [-0.39, 0.29) is 17.7 Å². The average Bonchev–Trinajstić information content (AvgIpc) is 2.84. The van der Waals surface area contributed by atoms with E-state index < -0.39 is 0 Å². The maximum Gasteiger partial charge on any atom is 0.336 e. The van der Waals surface area contributed by atoms with Crippen molar-refractivity contribution in [3.05, 3.63) is 64.1 Å². The molecule has 1 aromatic heterocycles. The second-order valence-electron chi connectivity index (χ2n) is 5.81. The Morgan fingerprint density at radius 2 is 2.04 bits per heavy atom. The highest BCUT2D eigenvalue weighted by molar-refractivity contribution is 5.90. The molecule has 124 valence electrons. The molecule has 0 saturated carbocycles. The Morgan fingerprint density at radius 3 is 2.79 bits per heavy atom. The molecule has 0 aliphatic carbocycles. The third-order valence-electron chi connectivity index (χ3n) is 3.82. The molecule has 0 unspecified atom stereocenters.